The minimum absolute atomic E-state index is 0.0850. The third-order valence-corrected chi connectivity index (χ3v) is 6.74. The van der Waals surface area contributed by atoms with Crippen LogP contribution in [0, 0.1) is 6.92 Å². The predicted molar refractivity (Wildman–Crippen MR) is 144 cm³/mol. The first-order valence-electron chi connectivity index (χ1n) is 12.6. The zero-order chi connectivity index (χ0) is 27.2. The molecule has 0 unspecified atom stereocenters. The van der Waals surface area contributed by atoms with Gasteiger partial charge in [0.1, 0.15) is 6.04 Å². The van der Waals surface area contributed by atoms with Gasteiger partial charge in [0.05, 0.1) is 12.5 Å². The Morgan fingerprint density at radius 2 is 1.92 bits per heavy atom. The largest absolute Gasteiger partial charge is 0.481 e. The van der Waals surface area contributed by atoms with Crippen molar-refractivity contribution in [2.75, 3.05) is 6.79 Å². The van der Waals surface area contributed by atoms with Crippen molar-refractivity contribution in [2.24, 2.45) is 0 Å². The number of hydrogen-bond donors (Lipinski definition) is 2. The molecule has 0 fully saturated rings. The Kier molecular flexibility index (Phi) is 8.73. The van der Waals surface area contributed by atoms with Gasteiger partial charge in [-0.2, -0.15) is 0 Å². The average molecular weight is 539 g/mol. The zero-order valence-corrected chi connectivity index (χ0v) is 22.2. The molecule has 3 aromatic rings. The Labute approximate surface area is 226 Å². The summed E-state index contributed by atoms with van der Waals surface area (Å²) in [5, 5.41) is 13.0. The van der Waals surface area contributed by atoms with E-state index in [1.54, 1.807) is 30.5 Å². The van der Waals surface area contributed by atoms with Gasteiger partial charge in [-0.3, -0.25) is 14.4 Å². The molecule has 8 nitrogen and oxygen atoms in total. The van der Waals surface area contributed by atoms with E-state index in [0.717, 1.165) is 24.0 Å². The van der Waals surface area contributed by atoms with Crippen LogP contribution < -0.4 is 20.3 Å². The molecule has 1 aliphatic heterocycles. The topological polar surface area (TPSA) is 107 Å². The molecule has 2 heterocycles. The smallest absolute Gasteiger partial charge is 0.305 e. The maximum Gasteiger partial charge on any atom is 0.305 e. The number of rotatable bonds is 11. The monoisotopic (exact) mass is 538 g/mol. The molecule has 0 bridgehead atoms. The normalized spacial score (nSPS) is 13.7. The number of aryl methyl sites for hydroxylation is 1. The number of pyridine rings is 1. The summed E-state index contributed by atoms with van der Waals surface area (Å²) in [6.45, 7) is 3.98. The number of nitrogens with zero attached hydrogens (tertiary/aromatic N) is 1. The van der Waals surface area contributed by atoms with E-state index in [0.29, 0.717) is 40.5 Å². The second-order valence-electron chi connectivity index (χ2n) is 9.49. The number of fused-ring (bicyclic) bond motifs is 1. The first-order chi connectivity index (χ1) is 18.2. The summed E-state index contributed by atoms with van der Waals surface area (Å²) in [7, 11) is 0. The molecular weight excluding hydrogens is 508 g/mol. The van der Waals surface area contributed by atoms with E-state index >= 15 is 0 Å². The number of carbonyl (C=O) groups excluding carboxylic acids is 1. The van der Waals surface area contributed by atoms with E-state index in [2.05, 4.69) is 5.32 Å². The lowest BCUT2D eigenvalue weighted by Gasteiger charge is -2.25. The van der Waals surface area contributed by atoms with Crippen LogP contribution in [0.1, 0.15) is 66.9 Å². The molecule has 1 aliphatic rings. The van der Waals surface area contributed by atoms with Crippen molar-refractivity contribution in [3.05, 3.63) is 92.4 Å². The molecule has 0 saturated heterocycles. The quantitative estimate of drug-likeness (QED) is 0.348. The molecule has 38 heavy (non-hydrogen) atoms. The first kappa shape index (κ1) is 27.3. The van der Waals surface area contributed by atoms with Crippen LogP contribution in [-0.4, -0.2) is 28.3 Å². The fourth-order valence-corrected chi connectivity index (χ4v) is 4.87. The van der Waals surface area contributed by atoms with Gasteiger partial charge in [0.2, 0.25) is 12.7 Å². The van der Waals surface area contributed by atoms with E-state index in [1.807, 2.05) is 38.1 Å². The van der Waals surface area contributed by atoms with Crippen LogP contribution in [0.4, 0.5) is 0 Å². The molecule has 200 valence electrons. The standard InChI is InChI=1S/C29H31ClN2O6/c1-3-4-8-24(32-16-18(2)11-21(29(32)36)12-19-6-5-7-22(30)13-19)28(35)31-23(15-27(33)34)20-9-10-25-26(14-20)38-17-37-25/h5-7,9-11,13-14,16,23-24H,3-4,8,12,15,17H2,1-2H3,(H,31,35)(H,33,34)/t23-,24+/m0/s1. The van der Waals surface area contributed by atoms with E-state index in [4.69, 9.17) is 21.1 Å². The number of carboxylic acid groups (broad SMARTS) is 1. The molecule has 0 spiro atoms. The van der Waals surface area contributed by atoms with E-state index in [-0.39, 0.29) is 18.8 Å². The lowest BCUT2D eigenvalue weighted by atomic mass is 10.0. The third-order valence-electron chi connectivity index (χ3n) is 6.50. The predicted octanol–water partition coefficient (Wildman–Crippen LogP) is 5.19. The van der Waals surface area contributed by atoms with Crippen molar-refractivity contribution >= 4 is 23.5 Å². The van der Waals surface area contributed by atoms with Crippen LogP contribution in [-0.2, 0) is 16.0 Å². The Balaban J connectivity index is 1.66. The summed E-state index contributed by atoms with van der Waals surface area (Å²) in [5.74, 6) is -0.415. The van der Waals surface area contributed by atoms with Gasteiger partial charge in [-0.15, -0.1) is 0 Å². The van der Waals surface area contributed by atoms with Crippen LogP contribution in [0.5, 0.6) is 11.5 Å². The second kappa shape index (κ2) is 12.2. The number of aliphatic carboxylic acids is 1. The van der Waals surface area contributed by atoms with Crippen LogP contribution in [0.3, 0.4) is 0 Å². The Bertz CT molecular complexity index is 1390. The fraction of sp³-hybridized carbons (Fsp3) is 0.345. The summed E-state index contributed by atoms with van der Waals surface area (Å²) in [5.41, 5.74) is 2.61. The van der Waals surface area contributed by atoms with Gasteiger partial charge in [0, 0.05) is 23.2 Å². The number of halogens is 1. The number of nitrogens with one attached hydrogen (secondary N) is 1. The molecule has 4 rings (SSSR count). The number of ether oxygens (including phenoxy) is 2. The average Bonchev–Trinajstić information content (AvgIpc) is 3.34. The second-order valence-corrected chi connectivity index (χ2v) is 9.93. The van der Waals surface area contributed by atoms with Crippen molar-refractivity contribution in [3.8, 4) is 11.5 Å². The van der Waals surface area contributed by atoms with E-state index in [9.17, 15) is 19.5 Å². The lowest BCUT2D eigenvalue weighted by Crippen LogP contribution is -2.40. The molecule has 2 aromatic carbocycles. The van der Waals surface area contributed by atoms with Gasteiger partial charge in [-0.1, -0.05) is 49.6 Å². The molecule has 2 atom stereocenters. The maximum atomic E-state index is 13.7. The summed E-state index contributed by atoms with van der Waals surface area (Å²) in [6, 6.07) is 12.6. The van der Waals surface area contributed by atoms with E-state index < -0.39 is 24.0 Å². The number of unbranched alkanes of at least 4 members (excludes halogenated alkanes) is 1. The lowest BCUT2D eigenvalue weighted by molar-refractivity contribution is -0.138. The molecule has 0 aliphatic carbocycles. The van der Waals surface area contributed by atoms with E-state index in [1.165, 1.54) is 4.57 Å². The van der Waals surface area contributed by atoms with Crippen molar-refractivity contribution in [3.63, 3.8) is 0 Å². The van der Waals surface area contributed by atoms with Crippen LogP contribution >= 0.6 is 11.6 Å². The Morgan fingerprint density at radius 1 is 1.13 bits per heavy atom. The highest BCUT2D eigenvalue weighted by atomic mass is 35.5. The number of carboxylic acids is 1. The van der Waals surface area contributed by atoms with Crippen LogP contribution in [0.25, 0.3) is 0 Å². The molecule has 0 saturated carbocycles. The Hall–Kier alpha value is -3.78. The molecule has 2 N–H and O–H groups in total. The van der Waals surface area contributed by atoms with Crippen LogP contribution in [0.2, 0.25) is 5.02 Å². The molecule has 9 heteroatoms. The number of carbonyl (C=O) groups is 2. The zero-order valence-electron chi connectivity index (χ0n) is 21.4. The number of aromatic nitrogens is 1. The summed E-state index contributed by atoms with van der Waals surface area (Å²) in [4.78, 5) is 39.0. The molecular formula is C29H31ClN2O6. The molecule has 1 aromatic heterocycles. The van der Waals surface area contributed by atoms with Gasteiger partial charge in [0.25, 0.3) is 5.56 Å². The number of amides is 1. The van der Waals surface area contributed by atoms with Crippen LogP contribution in [0.15, 0.2) is 59.5 Å². The van der Waals surface area contributed by atoms with Crippen molar-refractivity contribution < 1.29 is 24.2 Å². The highest BCUT2D eigenvalue weighted by Crippen LogP contribution is 2.35. The Morgan fingerprint density at radius 3 is 2.66 bits per heavy atom. The highest BCUT2D eigenvalue weighted by Gasteiger charge is 2.27. The van der Waals surface area contributed by atoms with Crippen molar-refractivity contribution in [2.45, 2.75) is 58.0 Å². The maximum absolute atomic E-state index is 13.7. The van der Waals surface area contributed by atoms with Gasteiger partial charge in [0.15, 0.2) is 11.5 Å². The number of hydrogen-bond acceptors (Lipinski definition) is 5. The first-order valence-corrected chi connectivity index (χ1v) is 13.0. The summed E-state index contributed by atoms with van der Waals surface area (Å²) >= 11 is 6.14. The summed E-state index contributed by atoms with van der Waals surface area (Å²) < 4.78 is 12.3. The minimum Gasteiger partial charge on any atom is -0.481 e. The van der Waals surface area contributed by atoms with Gasteiger partial charge in [-0.05, 0) is 60.4 Å². The van der Waals surface area contributed by atoms with Gasteiger partial charge < -0.3 is 24.5 Å². The van der Waals surface area contributed by atoms with Gasteiger partial charge >= 0.3 is 5.97 Å². The molecule has 0 radical (unpaired) electrons. The summed E-state index contributed by atoms with van der Waals surface area (Å²) in [6.07, 6.45) is 3.73. The molecule has 1 amide bonds. The van der Waals surface area contributed by atoms with Crippen molar-refractivity contribution in [1.82, 2.24) is 9.88 Å². The minimum atomic E-state index is -1.06. The fourth-order valence-electron chi connectivity index (χ4n) is 4.66. The SMILES string of the molecule is CCCC[C@H](C(=O)N[C@@H](CC(=O)O)c1ccc2c(c1)OCO2)n1cc(C)cc(Cc2cccc(Cl)c2)c1=O. The highest BCUT2D eigenvalue weighted by molar-refractivity contribution is 6.30. The van der Waals surface area contributed by atoms with Gasteiger partial charge in [-0.25, -0.2) is 0 Å². The third kappa shape index (κ3) is 6.55. The number of benzene rings is 2. The van der Waals surface area contributed by atoms with Crippen molar-refractivity contribution in [1.29, 1.82) is 0 Å².